The third-order valence-electron chi connectivity index (χ3n) is 3.12. The Balaban J connectivity index is 1.83. The molecule has 0 unspecified atom stereocenters. The molecule has 0 atom stereocenters. The molecule has 6 heteroatoms. The molecule has 2 N–H and O–H groups in total. The van der Waals surface area contributed by atoms with Crippen molar-refractivity contribution in [2.75, 3.05) is 6.79 Å². The molecule has 0 saturated carbocycles. The number of aliphatic hydroxyl groups is 2. The molecule has 2 aromatic carbocycles. The zero-order valence-corrected chi connectivity index (χ0v) is 12.3. The molecule has 2 aromatic rings. The van der Waals surface area contributed by atoms with Gasteiger partial charge in [0.2, 0.25) is 6.79 Å². The minimum absolute atomic E-state index is 0.109. The van der Waals surface area contributed by atoms with Gasteiger partial charge in [0.25, 0.3) is 0 Å². The molecular formula is C17H16O6. The van der Waals surface area contributed by atoms with Crippen LogP contribution in [0.25, 0.3) is 0 Å². The Morgan fingerprint density at radius 2 is 1.04 bits per heavy atom. The van der Waals surface area contributed by atoms with Crippen LogP contribution >= 0.6 is 0 Å². The molecule has 23 heavy (non-hydrogen) atoms. The van der Waals surface area contributed by atoms with Crippen molar-refractivity contribution in [3.8, 4) is 0 Å². The van der Waals surface area contributed by atoms with Gasteiger partial charge in [-0.2, -0.15) is 0 Å². The van der Waals surface area contributed by atoms with Crippen molar-refractivity contribution in [3.63, 3.8) is 0 Å². The van der Waals surface area contributed by atoms with Crippen LogP contribution in [0.5, 0.6) is 0 Å². The molecule has 0 spiro atoms. The smallest absolute Gasteiger partial charge is 0.340 e. The van der Waals surface area contributed by atoms with Gasteiger partial charge in [0.05, 0.1) is 24.3 Å². The van der Waals surface area contributed by atoms with Crippen LogP contribution in [0, 0.1) is 0 Å². The number of benzene rings is 2. The average molecular weight is 316 g/mol. The summed E-state index contributed by atoms with van der Waals surface area (Å²) in [4.78, 5) is 23.5. The van der Waals surface area contributed by atoms with E-state index in [1.54, 1.807) is 24.3 Å². The Kier molecular flexibility index (Phi) is 5.85. The summed E-state index contributed by atoms with van der Waals surface area (Å²) < 4.78 is 9.71. The number of hydrogen-bond acceptors (Lipinski definition) is 6. The molecule has 0 aliphatic rings. The van der Waals surface area contributed by atoms with E-state index in [9.17, 15) is 9.59 Å². The first-order valence-electron chi connectivity index (χ1n) is 6.88. The number of ether oxygens (including phenoxy) is 2. The van der Waals surface area contributed by atoms with Crippen molar-refractivity contribution in [2.24, 2.45) is 0 Å². The van der Waals surface area contributed by atoms with Crippen molar-refractivity contribution < 1.29 is 29.3 Å². The summed E-state index contributed by atoms with van der Waals surface area (Å²) in [5, 5.41) is 17.8. The maximum absolute atomic E-state index is 11.7. The van der Waals surface area contributed by atoms with Gasteiger partial charge in [0.1, 0.15) is 0 Å². The van der Waals surface area contributed by atoms with Crippen LogP contribution < -0.4 is 0 Å². The zero-order valence-electron chi connectivity index (χ0n) is 12.3. The summed E-state index contributed by atoms with van der Waals surface area (Å²) >= 11 is 0. The first-order valence-corrected chi connectivity index (χ1v) is 6.88. The highest BCUT2D eigenvalue weighted by atomic mass is 16.7. The first kappa shape index (κ1) is 16.7. The molecule has 0 heterocycles. The van der Waals surface area contributed by atoms with Crippen molar-refractivity contribution in [2.45, 2.75) is 13.2 Å². The van der Waals surface area contributed by atoms with E-state index in [0.29, 0.717) is 22.3 Å². The van der Waals surface area contributed by atoms with Crippen LogP contribution in [0.2, 0.25) is 0 Å². The Labute approximate surface area is 132 Å². The Morgan fingerprint density at radius 1 is 0.696 bits per heavy atom. The standard InChI is InChI=1S/C17H16O6/c18-9-12-1-5-14(6-2-12)16(20)22-11-23-17(21)15-7-3-13(10-19)4-8-15/h1-8,18-19H,9-11H2. The number of aliphatic hydroxyl groups excluding tert-OH is 2. The normalized spacial score (nSPS) is 10.2. The van der Waals surface area contributed by atoms with Crippen LogP contribution in [0.3, 0.4) is 0 Å². The summed E-state index contributed by atoms with van der Waals surface area (Å²) in [7, 11) is 0. The summed E-state index contributed by atoms with van der Waals surface area (Å²) in [5.41, 5.74) is 1.95. The van der Waals surface area contributed by atoms with Crippen molar-refractivity contribution in [1.29, 1.82) is 0 Å². The molecule has 0 radical (unpaired) electrons. The SMILES string of the molecule is O=C(OCOC(=O)c1ccc(CO)cc1)c1ccc(CO)cc1. The lowest BCUT2D eigenvalue weighted by molar-refractivity contribution is -0.0167. The van der Waals surface area contributed by atoms with Gasteiger partial charge in [0.15, 0.2) is 0 Å². The molecule has 0 saturated heterocycles. The van der Waals surface area contributed by atoms with E-state index < -0.39 is 18.7 Å². The van der Waals surface area contributed by atoms with Gasteiger partial charge in [-0.25, -0.2) is 9.59 Å². The van der Waals surface area contributed by atoms with Gasteiger partial charge in [-0.1, -0.05) is 24.3 Å². The van der Waals surface area contributed by atoms with Crippen molar-refractivity contribution >= 4 is 11.9 Å². The topological polar surface area (TPSA) is 93.1 Å². The predicted octanol–water partition coefficient (Wildman–Crippen LogP) is 1.64. The minimum Gasteiger partial charge on any atom is -0.424 e. The molecule has 120 valence electrons. The maximum Gasteiger partial charge on any atom is 0.340 e. The lowest BCUT2D eigenvalue weighted by Gasteiger charge is -2.07. The molecule has 0 aliphatic heterocycles. The van der Waals surface area contributed by atoms with Crippen LogP contribution in [0.4, 0.5) is 0 Å². The Morgan fingerprint density at radius 3 is 1.35 bits per heavy atom. The van der Waals surface area contributed by atoms with Crippen molar-refractivity contribution in [1.82, 2.24) is 0 Å². The molecule has 0 aliphatic carbocycles. The van der Waals surface area contributed by atoms with E-state index in [2.05, 4.69) is 0 Å². The third-order valence-corrected chi connectivity index (χ3v) is 3.12. The number of rotatable bonds is 6. The van der Waals surface area contributed by atoms with Gasteiger partial charge in [0, 0.05) is 0 Å². The lowest BCUT2D eigenvalue weighted by Crippen LogP contribution is -2.13. The largest absolute Gasteiger partial charge is 0.424 e. The molecular weight excluding hydrogens is 300 g/mol. The summed E-state index contributed by atoms with van der Waals surface area (Å²) in [6.45, 7) is -0.717. The number of carbonyl (C=O) groups is 2. The monoisotopic (exact) mass is 316 g/mol. The first-order chi connectivity index (χ1) is 11.1. The van der Waals surface area contributed by atoms with Crippen LogP contribution in [-0.2, 0) is 22.7 Å². The number of carbonyl (C=O) groups excluding carboxylic acids is 2. The van der Waals surface area contributed by atoms with E-state index in [0.717, 1.165) is 0 Å². The molecule has 0 fully saturated rings. The van der Waals surface area contributed by atoms with Crippen LogP contribution in [0.1, 0.15) is 31.8 Å². The highest BCUT2D eigenvalue weighted by Gasteiger charge is 2.10. The van der Waals surface area contributed by atoms with Crippen molar-refractivity contribution in [3.05, 3.63) is 70.8 Å². The quantitative estimate of drug-likeness (QED) is 0.622. The molecule has 0 bridgehead atoms. The third kappa shape index (κ3) is 4.64. The van der Waals surface area contributed by atoms with Crippen LogP contribution in [0.15, 0.2) is 48.5 Å². The Hall–Kier alpha value is -2.70. The zero-order chi connectivity index (χ0) is 16.7. The average Bonchev–Trinajstić information content (AvgIpc) is 2.61. The second-order valence-electron chi connectivity index (χ2n) is 4.69. The van der Waals surface area contributed by atoms with E-state index in [1.807, 2.05) is 0 Å². The van der Waals surface area contributed by atoms with E-state index in [1.165, 1.54) is 24.3 Å². The van der Waals surface area contributed by atoms with E-state index in [4.69, 9.17) is 19.7 Å². The minimum atomic E-state index is -0.627. The number of hydrogen-bond donors (Lipinski definition) is 2. The highest BCUT2D eigenvalue weighted by molar-refractivity contribution is 5.90. The van der Waals surface area contributed by atoms with Gasteiger partial charge in [-0.3, -0.25) is 0 Å². The summed E-state index contributed by atoms with van der Waals surface area (Å²) in [6, 6.07) is 12.5. The second-order valence-corrected chi connectivity index (χ2v) is 4.69. The summed E-state index contributed by atoms with van der Waals surface area (Å²) in [6.07, 6.45) is 0. The fourth-order valence-corrected chi connectivity index (χ4v) is 1.80. The van der Waals surface area contributed by atoms with Crippen LogP contribution in [-0.4, -0.2) is 28.9 Å². The number of esters is 2. The van der Waals surface area contributed by atoms with Gasteiger partial charge in [-0.15, -0.1) is 0 Å². The second kappa shape index (κ2) is 8.07. The van der Waals surface area contributed by atoms with Gasteiger partial charge >= 0.3 is 11.9 Å². The molecule has 6 nitrogen and oxygen atoms in total. The van der Waals surface area contributed by atoms with E-state index in [-0.39, 0.29) is 13.2 Å². The van der Waals surface area contributed by atoms with Gasteiger partial charge in [-0.05, 0) is 35.4 Å². The predicted molar refractivity (Wildman–Crippen MR) is 80.4 cm³/mol. The maximum atomic E-state index is 11.7. The lowest BCUT2D eigenvalue weighted by atomic mass is 10.1. The van der Waals surface area contributed by atoms with E-state index >= 15 is 0 Å². The molecule has 0 aromatic heterocycles. The fraction of sp³-hybridized carbons (Fsp3) is 0.176. The molecule has 2 rings (SSSR count). The van der Waals surface area contributed by atoms with Gasteiger partial charge < -0.3 is 19.7 Å². The summed E-state index contributed by atoms with van der Waals surface area (Å²) in [5.74, 6) is -1.25. The molecule has 0 amide bonds. The fourth-order valence-electron chi connectivity index (χ4n) is 1.80. The highest BCUT2D eigenvalue weighted by Crippen LogP contribution is 2.08. The Bertz CT molecular complexity index is 601.